The molecule has 0 amide bonds. The summed E-state index contributed by atoms with van der Waals surface area (Å²) in [5.41, 5.74) is 2.72. The second kappa shape index (κ2) is 10.1. The summed E-state index contributed by atoms with van der Waals surface area (Å²) in [5.74, 6) is 2.12. The molecule has 1 aliphatic rings. The molecule has 0 bridgehead atoms. The van der Waals surface area contributed by atoms with Crippen molar-refractivity contribution >= 4 is 29.9 Å². The molecular formula is C21H31IN4O. The number of nitrogens with one attached hydrogen (secondary N) is 2. The van der Waals surface area contributed by atoms with Gasteiger partial charge in [-0.3, -0.25) is 4.99 Å². The molecule has 0 radical (unpaired) electrons. The van der Waals surface area contributed by atoms with Gasteiger partial charge in [0, 0.05) is 31.0 Å². The highest BCUT2D eigenvalue weighted by molar-refractivity contribution is 14.0. The second-order valence-corrected chi connectivity index (χ2v) is 7.16. The Morgan fingerprint density at radius 1 is 1.19 bits per heavy atom. The smallest absolute Gasteiger partial charge is 0.191 e. The maximum absolute atomic E-state index is 5.48. The van der Waals surface area contributed by atoms with E-state index in [9.17, 15) is 0 Å². The van der Waals surface area contributed by atoms with Crippen molar-refractivity contribution < 1.29 is 4.52 Å². The van der Waals surface area contributed by atoms with Gasteiger partial charge in [0.1, 0.15) is 0 Å². The zero-order valence-electron chi connectivity index (χ0n) is 16.5. The van der Waals surface area contributed by atoms with E-state index in [4.69, 9.17) is 4.52 Å². The molecule has 1 aromatic heterocycles. The molecule has 0 atom stereocenters. The molecule has 2 aromatic rings. The lowest BCUT2D eigenvalue weighted by Crippen LogP contribution is -2.40. The number of aliphatic imine (C=N–C) groups is 1. The molecule has 1 heterocycles. The molecule has 0 saturated heterocycles. The number of aromatic nitrogens is 1. The molecule has 5 nitrogen and oxygen atoms in total. The van der Waals surface area contributed by atoms with Crippen LogP contribution in [-0.4, -0.2) is 24.7 Å². The number of rotatable bonds is 8. The van der Waals surface area contributed by atoms with Gasteiger partial charge in [0.15, 0.2) is 11.7 Å². The highest BCUT2D eigenvalue weighted by Gasteiger charge is 2.43. The Balaban J connectivity index is 0.00000261. The molecule has 1 saturated carbocycles. The number of hydrogen-bond acceptors (Lipinski definition) is 3. The lowest BCUT2D eigenvalue weighted by molar-refractivity contribution is 0.368. The quantitative estimate of drug-likeness (QED) is 0.328. The Morgan fingerprint density at radius 3 is 2.48 bits per heavy atom. The van der Waals surface area contributed by atoms with Gasteiger partial charge >= 0.3 is 0 Å². The second-order valence-electron chi connectivity index (χ2n) is 7.16. The van der Waals surface area contributed by atoms with Gasteiger partial charge < -0.3 is 15.2 Å². The van der Waals surface area contributed by atoms with Crippen LogP contribution >= 0.6 is 24.0 Å². The summed E-state index contributed by atoms with van der Waals surface area (Å²) < 4.78 is 5.48. The summed E-state index contributed by atoms with van der Waals surface area (Å²) in [6.07, 6.45) is 4.62. The van der Waals surface area contributed by atoms with Gasteiger partial charge in [-0.25, -0.2) is 0 Å². The van der Waals surface area contributed by atoms with E-state index in [1.54, 1.807) is 7.05 Å². The van der Waals surface area contributed by atoms with E-state index in [1.807, 2.05) is 0 Å². The molecule has 0 spiro atoms. The summed E-state index contributed by atoms with van der Waals surface area (Å²) >= 11 is 0. The van der Waals surface area contributed by atoms with Crippen LogP contribution in [0, 0.1) is 0 Å². The van der Waals surface area contributed by atoms with E-state index < -0.39 is 0 Å². The van der Waals surface area contributed by atoms with Crippen LogP contribution in [0.4, 0.5) is 0 Å². The van der Waals surface area contributed by atoms with Gasteiger partial charge in [-0.15, -0.1) is 24.0 Å². The predicted molar refractivity (Wildman–Crippen MR) is 121 cm³/mol. The Bertz CT molecular complexity index is 721. The Labute approximate surface area is 179 Å². The summed E-state index contributed by atoms with van der Waals surface area (Å²) in [7, 11) is 1.80. The Kier molecular flexibility index (Phi) is 8.13. The minimum absolute atomic E-state index is 0. The van der Waals surface area contributed by atoms with Crippen LogP contribution in [0.1, 0.15) is 62.5 Å². The van der Waals surface area contributed by atoms with Crippen molar-refractivity contribution in [1.29, 1.82) is 0 Å². The van der Waals surface area contributed by atoms with E-state index >= 15 is 0 Å². The van der Waals surface area contributed by atoms with E-state index in [-0.39, 0.29) is 29.4 Å². The van der Waals surface area contributed by atoms with Crippen molar-refractivity contribution in [1.82, 2.24) is 15.8 Å². The number of hydrogen-bond donors (Lipinski definition) is 2. The van der Waals surface area contributed by atoms with Crippen LogP contribution in [0.25, 0.3) is 0 Å². The summed E-state index contributed by atoms with van der Waals surface area (Å²) in [6, 6.07) is 12.8. The third kappa shape index (κ3) is 5.46. The molecule has 1 aromatic carbocycles. The van der Waals surface area contributed by atoms with Gasteiger partial charge in [0.25, 0.3) is 0 Å². The summed E-state index contributed by atoms with van der Waals surface area (Å²) in [4.78, 5) is 4.33. The molecule has 0 unspecified atom stereocenters. The van der Waals surface area contributed by atoms with Gasteiger partial charge in [-0.05, 0) is 31.2 Å². The van der Waals surface area contributed by atoms with E-state index in [2.05, 4.69) is 71.0 Å². The number of halogens is 1. The van der Waals surface area contributed by atoms with E-state index in [0.29, 0.717) is 12.5 Å². The van der Waals surface area contributed by atoms with Crippen LogP contribution < -0.4 is 10.6 Å². The molecule has 148 valence electrons. The average molecular weight is 482 g/mol. The largest absolute Gasteiger partial charge is 0.359 e. The maximum Gasteiger partial charge on any atom is 0.191 e. The van der Waals surface area contributed by atoms with Crippen molar-refractivity contribution in [3.63, 3.8) is 0 Å². The van der Waals surface area contributed by atoms with Crippen LogP contribution in [0.15, 0.2) is 45.9 Å². The lowest BCUT2D eigenvalue weighted by Gasteiger charge is -2.18. The van der Waals surface area contributed by atoms with Crippen molar-refractivity contribution in [3.8, 4) is 0 Å². The Morgan fingerprint density at radius 2 is 1.89 bits per heavy atom. The first-order valence-corrected chi connectivity index (χ1v) is 9.66. The molecule has 1 aliphatic carbocycles. The van der Waals surface area contributed by atoms with Gasteiger partial charge in [-0.1, -0.05) is 49.3 Å². The third-order valence-electron chi connectivity index (χ3n) is 5.47. The standard InChI is InChI=1S/C21H30N4O.HI/c1-4-16(5-2)19-13-18(26-25-19)14-23-20(22-3)24-15-21(11-12-21)17-9-7-6-8-10-17;/h6-10,13,16H,4-5,11-12,14-15H2,1-3H3,(H2,22,23,24);1H. The number of nitrogens with zero attached hydrogens (tertiary/aromatic N) is 2. The molecule has 0 aliphatic heterocycles. The molecule has 27 heavy (non-hydrogen) atoms. The molecule has 3 rings (SSSR count). The SMILES string of the molecule is CCC(CC)c1cc(CNC(=NC)NCC2(c3ccccc3)CC2)on1.I. The minimum Gasteiger partial charge on any atom is -0.359 e. The van der Waals surface area contributed by atoms with Gasteiger partial charge in [0.2, 0.25) is 0 Å². The van der Waals surface area contributed by atoms with E-state index in [1.165, 1.54) is 18.4 Å². The van der Waals surface area contributed by atoms with Crippen LogP contribution in [0.2, 0.25) is 0 Å². The molecule has 1 fully saturated rings. The third-order valence-corrected chi connectivity index (χ3v) is 5.47. The highest BCUT2D eigenvalue weighted by atomic mass is 127. The normalized spacial score (nSPS) is 15.3. The Hall–Kier alpha value is -1.57. The fourth-order valence-electron chi connectivity index (χ4n) is 3.47. The fraction of sp³-hybridized carbons (Fsp3) is 0.524. The van der Waals surface area contributed by atoms with Crippen molar-refractivity contribution in [2.45, 2.75) is 57.4 Å². The van der Waals surface area contributed by atoms with Gasteiger partial charge in [-0.2, -0.15) is 0 Å². The number of benzene rings is 1. The maximum atomic E-state index is 5.48. The first kappa shape index (κ1) is 21.7. The van der Waals surface area contributed by atoms with Crippen LogP contribution in [-0.2, 0) is 12.0 Å². The predicted octanol–water partition coefficient (Wildman–Crippen LogP) is 4.59. The monoisotopic (exact) mass is 482 g/mol. The zero-order chi connectivity index (χ0) is 18.4. The van der Waals surface area contributed by atoms with Gasteiger partial charge in [0.05, 0.1) is 12.2 Å². The fourth-order valence-corrected chi connectivity index (χ4v) is 3.47. The average Bonchev–Trinajstić information content (AvgIpc) is 3.34. The molecule has 6 heteroatoms. The summed E-state index contributed by atoms with van der Waals surface area (Å²) in [5, 5.41) is 11.0. The summed E-state index contributed by atoms with van der Waals surface area (Å²) in [6.45, 7) is 5.86. The lowest BCUT2D eigenvalue weighted by atomic mass is 9.96. The first-order chi connectivity index (χ1) is 12.7. The topological polar surface area (TPSA) is 62.5 Å². The zero-order valence-corrected chi connectivity index (χ0v) is 18.8. The number of guanidine groups is 1. The van der Waals surface area contributed by atoms with Crippen LogP contribution in [0.5, 0.6) is 0 Å². The van der Waals surface area contributed by atoms with Crippen molar-refractivity contribution in [3.05, 3.63) is 53.4 Å². The molecular weight excluding hydrogens is 451 g/mol. The van der Waals surface area contributed by atoms with Crippen LogP contribution in [0.3, 0.4) is 0 Å². The minimum atomic E-state index is 0. The molecule has 2 N–H and O–H groups in total. The van der Waals surface area contributed by atoms with E-state index in [0.717, 1.165) is 36.8 Å². The highest BCUT2D eigenvalue weighted by Crippen LogP contribution is 2.47. The first-order valence-electron chi connectivity index (χ1n) is 9.66. The van der Waals surface area contributed by atoms with Crippen molar-refractivity contribution in [2.24, 2.45) is 4.99 Å². The van der Waals surface area contributed by atoms with Crippen molar-refractivity contribution in [2.75, 3.05) is 13.6 Å².